The highest BCUT2D eigenvalue weighted by Gasteiger charge is 2.18. The van der Waals surface area contributed by atoms with Crippen LogP contribution in [-0.2, 0) is 0 Å². The van der Waals surface area contributed by atoms with Gasteiger partial charge in [-0.3, -0.25) is 10.1 Å². The highest BCUT2D eigenvalue weighted by Crippen LogP contribution is 2.27. The van der Waals surface area contributed by atoms with E-state index in [-0.39, 0.29) is 17.2 Å². The quantitative estimate of drug-likeness (QED) is 0.475. The Hall–Kier alpha value is -3.67. The topological polar surface area (TPSA) is 92.5 Å². The summed E-state index contributed by atoms with van der Waals surface area (Å²) in [5.74, 6) is -1.21. The van der Waals surface area contributed by atoms with Crippen LogP contribution >= 0.6 is 0 Å². The molecule has 0 saturated heterocycles. The zero-order valence-corrected chi connectivity index (χ0v) is 14.4. The monoisotopic (exact) mass is 362 g/mol. The number of nitro groups is 1. The van der Waals surface area contributed by atoms with Gasteiger partial charge in [0.1, 0.15) is 0 Å². The summed E-state index contributed by atoms with van der Waals surface area (Å²) in [6.45, 7) is 0.451. The molecule has 0 heterocycles. The predicted octanol–water partition coefficient (Wildman–Crippen LogP) is 4.54. The van der Waals surface area contributed by atoms with E-state index in [9.17, 15) is 20.0 Å². The molecule has 0 amide bonds. The fraction of sp³-hybridized carbons (Fsp3) is 0.0952. The lowest BCUT2D eigenvalue weighted by molar-refractivity contribution is -0.384. The first-order valence-electron chi connectivity index (χ1n) is 8.42. The summed E-state index contributed by atoms with van der Waals surface area (Å²) in [5.41, 5.74) is 2.17. The fourth-order valence-corrected chi connectivity index (χ4v) is 2.99. The molecule has 0 bridgehead atoms. The number of carbonyl (C=O) groups is 1. The van der Waals surface area contributed by atoms with Gasteiger partial charge in [-0.1, -0.05) is 60.7 Å². The molecule has 27 heavy (non-hydrogen) atoms. The molecule has 0 saturated carbocycles. The molecule has 0 fully saturated rings. The minimum atomic E-state index is -1.21. The Morgan fingerprint density at radius 3 is 2.00 bits per heavy atom. The lowest BCUT2D eigenvalue weighted by Gasteiger charge is -2.20. The molecule has 0 aliphatic rings. The summed E-state index contributed by atoms with van der Waals surface area (Å²) in [5, 5.41) is 23.5. The third-order valence-corrected chi connectivity index (χ3v) is 4.34. The Bertz CT molecular complexity index is 903. The van der Waals surface area contributed by atoms with E-state index < -0.39 is 10.9 Å². The van der Waals surface area contributed by atoms with Crippen molar-refractivity contribution < 1.29 is 14.8 Å². The largest absolute Gasteiger partial charge is 0.478 e. The first-order chi connectivity index (χ1) is 13.1. The van der Waals surface area contributed by atoms with Crippen molar-refractivity contribution in [3.8, 4) is 0 Å². The average molecular weight is 362 g/mol. The number of hydrogen-bond acceptors (Lipinski definition) is 4. The maximum atomic E-state index is 11.5. The first kappa shape index (κ1) is 18.1. The molecule has 136 valence electrons. The summed E-state index contributed by atoms with van der Waals surface area (Å²) < 4.78 is 0. The molecule has 3 aromatic carbocycles. The summed E-state index contributed by atoms with van der Waals surface area (Å²) in [6, 6.07) is 23.6. The van der Waals surface area contributed by atoms with Crippen molar-refractivity contribution in [2.24, 2.45) is 0 Å². The van der Waals surface area contributed by atoms with E-state index in [1.807, 2.05) is 60.7 Å². The minimum Gasteiger partial charge on any atom is -0.478 e. The zero-order valence-electron chi connectivity index (χ0n) is 14.4. The standard InChI is InChI=1S/C21H18N2O4/c24-21(25)18-13-17(23(26)27)11-12-20(18)22-14-19(15-7-3-1-4-8-15)16-9-5-2-6-10-16/h1-13,19,22H,14H2,(H,24,25). The highest BCUT2D eigenvalue weighted by molar-refractivity contribution is 5.95. The number of hydrogen-bond donors (Lipinski definition) is 2. The number of benzene rings is 3. The van der Waals surface area contributed by atoms with Crippen molar-refractivity contribution in [2.45, 2.75) is 5.92 Å². The Balaban J connectivity index is 1.90. The zero-order chi connectivity index (χ0) is 19.2. The Labute approximate surface area is 156 Å². The van der Waals surface area contributed by atoms with E-state index >= 15 is 0 Å². The molecule has 0 aliphatic heterocycles. The number of nitrogens with zero attached hydrogens (tertiary/aromatic N) is 1. The third-order valence-electron chi connectivity index (χ3n) is 4.34. The lowest BCUT2D eigenvalue weighted by atomic mass is 9.91. The molecule has 0 radical (unpaired) electrons. The van der Waals surface area contributed by atoms with Gasteiger partial charge in [-0.25, -0.2) is 4.79 Å². The van der Waals surface area contributed by atoms with E-state index in [0.29, 0.717) is 12.2 Å². The van der Waals surface area contributed by atoms with E-state index in [0.717, 1.165) is 17.2 Å². The van der Waals surface area contributed by atoms with Crippen molar-refractivity contribution in [2.75, 3.05) is 11.9 Å². The van der Waals surface area contributed by atoms with Crippen molar-refractivity contribution in [1.82, 2.24) is 0 Å². The van der Waals surface area contributed by atoms with Crippen molar-refractivity contribution in [1.29, 1.82) is 0 Å². The maximum Gasteiger partial charge on any atom is 0.338 e. The van der Waals surface area contributed by atoms with Gasteiger partial charge in [0.25, 0.3) is 5.69 Å². The molecule has 2 N–H and O–H groups in total. The maximum absolute atomic E-state index is 11.5. The van der Waals surface area contributed by atoms with Crippen LogP contribution in [0.2, 0.25) is 0 Å². The summed E-state index contributed by atoms with van der Waals surface area (Å²) in [7, 11) is 0. The van der Waals surface area contributed by atoms with Gasteiger partial charge < -0.3 is 10.4 Å². The van der Waals surface area contributed by atoms with Gasteiger partial charge in [-0.2, -0.15) is 0 Å². The molecule has 0 aliphatic carbocycles. The van der Waals surface area contributed by atoms with E-state index in [1.54, 1.807) is 0 Å². The number of anilines is 1. The molecule has 3 aromatic rings. The molecule has 0 spiro atoms. The summed E-state index contributed by atoms with van der Waals surface area (Å²) in [4.78, 5) is 21.8. The number of rotatable bonds is 7. The number of carboxylic acid groups (broad SMARTS) is 1. The van der Waals surface area contributed by atoms with Gasteiger partial charge in [-0.05, 0) is 17.2 Å². The fourth-order valence-electron chi connectivity index (χ4n) is 2.99. The van der Waals surface area contributed by atoms with Crippen LogP contribution in [0.4, 0.5) is 11.4 Å². The Morgan fingerprint density at radius 1 is 0.963 bits per heavy atom. The summed E-state index contributed by atoms with van der Waals surface area (Å²) in [6.07, 6.45) is 0. The van der Waals surface area contributed by atoms with E-state index in [2.05, 4.69) is 5.32 Å². The van der Waals surface area contributed by atoms with Gasteiger partial charge in [0.2, 0.25) is 0 Å². The SMILES string of the molecule is O=C(O)c1cc([N+](=O)[O-])ccc1NCC(c1ccccc1)c1ccccc1. The van der Waals surface area contributed by atoms with Crippen molar-refractivity contribution in [3.05, 3.63) is 106 Å². The van der Waals surface area contributed by atoms with Crippen molar-refractivity contribution in [3.63, 3.8) is 0 Å². The van der Waals surface area contributed by atoms with Crippen LogP contribution in [0.25, 0.3) is 0 Å². The van der Waals surface area contributed by atoms with Gasteiger partial charge in [0.05, 0.1) is 10.5 Å². The molecule has 6 nitrogen and oxygen atoms in total. The molecule has 0 aromatic heterocycles. The van der Waals surface area contributed by atoms with Gasteiger partial charge >= 0.3 is 5.97 Å². The number of carboxylic acids is 1. The van der Waals surface area contributed by atoms with Crippen LogP contribution in [0.15, 0.2) is 78.9 Å². The van der Waals surface area contributed by atoms with Crippen molar-refractivity contribution >= 4 is 17.3 Å². The highest BCUT2D eigenvalue weighted by atomic mass is 16.6. The van der Waals surface area contributed by atoms with Gasteiger partial charge in [0.15, 0.2) is 0 Å². The van der Waals surface area contributed by atoms with Gasteiger partial charge in [0, 0.05) is 30.3 Å². The van der Waals surface area contributed by atoms with Crippen LogP contribution in [0.5, 0.6) is 0 Å². The molecular weight excluding hydrogens is 344 g/mol. The predicted molar refractivity (Wildman–Crippen MR) is 103 cm³/mol. The van der Waals surface area contributed by atoms with Crippen LogP contribution in [0, 0.1) is 10.1 Å². The van der Waals surface area contributed by atoms with E-state index in [1.165, 1.54) is 12.1 Å². The molecule has 0 atom stereocenters. The Kier molecular flexibility index (Phi) is 5.47. The smallest absolute Gasteiger partial charge is 0.338 e. The number of non-ortho nitro benzene ring substituents is 1. The first-order valence-corrected chi connectivity index (χ1v) is 8.42. The number of nitro benzene ring substituents is 1. The normalized spacial score (nSPS) is 10.6. The molecule has 3 rings (SSSR count). The third kappa shape index (κ3) is 4.30. The summed E-state index contributed by atoms with van der Waals surface area (Å²) >= 11 is 0. The second-order valence-corrected chi connectivity index (χ2v) is 6.05. The van der Waals surface area contributed by atoms with Crippen LogP contribution in [0.3, 0.4) is 0 Å². The molecular formula is C21H18N2O4. The minimum absolute atomic E-state index is 0.00392. The van der Waals surface area contributed by atoms with E-state index in [4.69, 9.17) is 0 Å². The van der Waals surface area contributed by atoms with Gasteiger partial charge in [-0.15, -0.1) is 0 Å². The second-order valence-electron chi connectivity index (χ2n) is 6.05. The molecule has 0 unspecified atom stereocenters. The van der Waals surface area contributed by atoms with Crippen LogP contribution < -0.4 is 5.32 Å². The second kappa shape index (κ2) is 8.14. The molecule has 6 heteroatoms. The number of aromatic carboxylic acids is 1. The van der Waals surface area contributed by atoms with Crippen LogP contribution in [-0.4, -0.2) is 22.5 Å². The average Bonchev–Trinajstić information content (AvgIpc) is 2.69. The Morgan fingerprint density at radius 2 is 1.52 bits per heavy atom. The number of nitrogens with one attached hydrogen (secondary N) is 1. The van der Waals surface area contributed by atoms with Crippen LogP contribution in [0.1, 0.15) is 27.4 Å². The lowest BCUT2D eigenvalue weighted by Crippen LogP contribution is -2.16.